The molecule has 1 saturated heterocycles. The Bertz CT molecular complexity index is 1220. The van der Waals surface area contributed by atoms with Crippen LogP contribution in [0.1, 0.15) is 75.4 Å². The number of hydrogen-bond acceptors (Lipinski definition) is 8. The molecule has 5 rings (SSSR count). The average Bonchev–Trinajstić information content (AvgIpc) is 3.67. The summed E-state index contributed by atoms with van der Waals surface area (Å²) < 4.78 is 4.05. The first-order valence-electron chi connectivity index (χ1n) is 15.6. The lowest BCUT2D eigenvalue weighted by molar-refractivity contribution is 0.0472. The van der Waals surface area contributed by atoms with E-state index < -0.39 is 0 Å². The number of nitrogens with zero attached hydrogens (tertiary/aromatic N) is 10. The summed E-state index contributed by atoms with van der Waals surface area (Å²) in [6, 6.07) is 21.5. The van der Waals surface area contributed by atoms with Crippen LogP contribution in [-0.2, 0) is 25.9 Å². The van der Waals surface area contributed by atoms with Crippen LogP contribution in [0.4, 0.5) is 0 Å². The first-order chi connectivity index (χ1) is 20.5. The van der Waals surface area contributed by atoms with E-state index in [1.807, 2.05) is 9.36 Å². The Hall–Kier alpha value is -3.50. The minimum atomic E-state index is 0.192. The molecule has 1 aliphatic rings. The summed E-state index contributed by atoms with van der Waals surface area (Å²) in [4.78, 5) is 5.18. The Morgan fingerprint density at radius 2 is 0.952 bits per heavy atom. The second-order valence-electron chi connectivity index (χ2n) is 12.4. The molecule has 0 unspecified atom stereocenters. The van der Waals surface area contributed by atoms with Gasteiger partial charge in [0.05, 0.1) is 12.1 Å². The highest BCUT2D eigenvalue weighted by molar-refractivity contribution is 5.15. The lowest BCUT2D eigenvalue weighted by atomic mass is 9.98. The molecule has 10 heteroatoms. The quantitative estimate of drug-likeness (QED) is 0.217. The number of hydrogen-bond donors (Lipinski definition) is 0. The van der Waals surface area contributed by atoms with Crippen molar-refractivity contribution in [2.75, 3.05) is 26.2 Å². The third-order valence-corrected chi connectivity index (χ3v) is 8.25. The molecule has 0 N–H and O–H groups in total. The van der Waals surface area contributed by atoms with Gasteiger partial charge in [0, 0.05) is 39.3 Å². The zero-order chi connectivity index (χ0) is 29.3. The average molecular weight is 571 g/mol. The van der Waals surface area contributed by atoms with Crippen LogP contribution in [0.15, 0.2) is 60.7 Å². The normalized spacial score (nSPS) is 16.3. The maximum Gasteiger partial charge on any atom is 0.168 e. The van der Waals surface area contributed by atoms with Crippen LogP contribution in [0, 0.1) is 11.8 Å². The van der Waals surface area contributed by atoms with Crippen LogP contribution in [0.3, 0.4) is 0 Å². The molecular formula is C32H46N10. The molecule has 0 aliphatic carbocycles. The lowest BCUT2D eigenvalue weighted by Gasteiger charge is -2.42. The molecule has 3 heterocycles. The van der Waals surface area contributed by atoms with Crippen LogP contribution in [0.2, 0.25) is 0 Å². The standard InChI is InChI=1S/C32H46N10/c1-25(2)23-29(31-33-35-37-41(31)17-15-27-11-7-5-8-12-27)39-19-21-40(22-20-39)30(24-26(3)4)32-34-36-38-42(32)18-16-28-13-9-6-10-14-28/h5-14,25-26,29-30H,15-24H2,1-4H3/t29-,30-/m1/s1. The topological polar surface area (TPSA) is 93.7 Å². The molecule has 0 amide bonds. The van der Waals surface area contributed by atoms with Crippen molar-refractivity contribution in [3.63, 3.8) is 0 Å². The Morgan fingerprint density at radius 3 is 1.31 bits per heavy atom. The fraction of sp³-hybridized carbons (Fsp3) is 0.562. The predicted octanol–water partition coefficient (Wildman–Crippen LogP) is 4.64. The minimum absolute atomic E-state index is 0.192. The molecule has 2 aromatic carbocycles. The van der Waals surface area contributed by atoms with E-state index >= 15 is 0 Å². The van der Waals surface area contributed by atoms with Crippen molar-refractivity contribution in [3.8, 4) is 0 Å². The highest BCUT2D eigenvalue weighted by Gasteiger charge is 2.34. The van der Waals surface area contributed by atoms with Crippen molar-refractivity contribution in [1.29, 1.82) is 0 Å². The third kappa shape index (κ3) is 7.86. The summed E-state index contributed by atoms with van der Waals surface area (Å²) in [6.07, 6.45) is 3.88. The van der Waals surface area contributed by atoms with E-state index in [2.05, 4.69) is 129 Å². The number of rotatable bonds is 14. The molecular weight excluding hydrogens is 524 g/mol. The van der Waals surface area contributed by atoms with Crippen LogP contribution < -0.4 is 0 Å². The molecule has 42 heavy (non-hydrogen) atoms. The van der Waals surface area contributed by atoms with Gasteiger partial charge in [0.2, 0.25) is 0 Å². The van der Waals surface area contributed by atoms with E-state index in [1.54, 1.807) is 0 Å². The number of aryl methyl sites for hydroxylation is 4. The van der Waals surface area contributed by atoms with Gasteiger partial charge in [0.1, 0.15) is 0 Å². The van der Waals surface area contributed by atoms with Gasteiger partial charge in [-0.25, -0.2) is 9.36 Å². The van der Waals surface area contributed by atoms with Crippen molar-refractivity contribution in [1.82, 2.24) is 50.2 Å². The number of piperazine rings is 1. The fourth-order valence-corrected chi connectivity index (χ4v) is 6.07. The van der Waals surface area contributed by atoms with Crippen LogP contribution in [0.5, 0.6) is 0 Å². The second kappa shape index (κ2) is 14.6. The van der Waals surface area contributed by atoms with Crippen LogP contribution >= 0.6 is 0 Å². The minimum Gasteiger partial charge on any atom is -0.291 e. The Balaban J connectivity index is 1.27. The van der Waals surface area contributed by atoms with Crippen molar-refractivity contribution in [2.24, 2.45) is 11.8 Å². The first-order valence-corrected chi connectivity index (χ1v) is 15.6. The van der Waals surface area contributed by atoms with Gasteiger partial charge in [0.15, 0.2) is 11.6 Å². The first kappa shape index (κ1) is 30.0. The van der Waals surface area contributed by atoms with Gasteiger partial charge in [-0.3, -0.25) is 9.80 Å². The van der Waals surface area contributed by atoms with Gasteiger partial charge in [0.25, 0.3) is 0 Å². The van der Waals surface area contributed by atoms with Crippen molar-refractivity contribution in [2.45, 2.75) is 78.6 Å². The smallest absolute Gasteiger partial charge is 0.168 e. The molecule has 0 radical (unpaired) electrons. The van der Waals surface area contributed by atoms with Gasteiger partial charge >= 0.3 is 0 Å². The molecule has 0 bridgehead atoms. The molecule has 1 fully saturated rings. The zero-order valence-electron chi connectivity index (χ0n) is 25.6. The zero-order valence-corrected chi connectivity index (χ0v) is 25.6. The fourth-order valence-electron chi connectivity index (χ4n) is 6.07. The summed E-state index contributed by atoms with van der Waals surface area (Å²) in [6.45, 7) is 14.6. The summed E-state index contributed by atoms with van der Waals surface area (Å²) in [5.74, 6) is 3.04. The summed E-state index contributed by atoms with van der Waals surface area (Å²) >= 11 is 0. The molecule has 0 spiro atoms. The second-order valence-corrected chi connectivity index (χ2v) is 12.4. The van der Waals surface area contributed by atoms with Crippen LogP contribution in [-0.4, -0.2) is 76.4 Å². The van der Waals surface area contributed by atoms with Crippen LogP contribution in [0.25, 0.3) is 0 Å². The lowest BCUT2D eigenvalue weighted by Crippen LogP contribution is -2.50. The summed E-state index contributed by atoms with van der Waals surface area (Å²) in [5, 5.41) is 26.2. The van der Waals surface area contributed by atoms with Crippen molar-refractivity contribution in [3.05, 3.63) is 83.4 Å². The van der Waals surface area contributed by atoms with Crippen molar-refractivity contribution < 1.29 is 0 Å². The number of aromatic nitrogens is 8. The van der Waals surface area contributed by atoms with Gasteiger partial charge in [-0.2, -0.15) is 0 Å². The summed E-state index contributed by atoms with van der Waals surface area (Å²) in [5.41, 5.74) is 2.60. The van der Waals surface area contributed by atoms with E-state index in [-0.39, 0.29) is 12.1 Å². The van der Waals surface area contributed by atoms with E-state index in [4.69, 9.17) is 0 Å². The van der Waals surface area contributed by atoms with Gasteiger partial charge in [-0.05, 0) is 69.5 Å². The molecule has 2 aromatic heterocycles. The molecule has 1 aliphatic heterocycles. The maximum absolute atomic E-state index is 4.56. The summed E-state index contributed by atoms with van der Waals surface area (Å²) in [7, 11) is 0. The highest BCUT2D eigenvalue weighted by atomic mass is 15.6. The number of tetrazole rings is 2. The van der Waals surface area contributed by atoms with Gasteiger partial charge in [-0.1, -0.05) is 88.4 Å². The largest absolute Gasteiger partial charge is 0.291 e. The molecule has 224 valence electrons. The van der Waals surface area contributed by atoms with Crippen molar-refractivity contribution >= 4 is 0 Å². The Morgan fingerprint density at radius 1 is 0.571 bits per heavy atom. The predicted molar refractivity (Wildman–Crippen MR) is 163 cm³/mol. The number of benzene rings is 2. The molecule has 2 atom stereocenters. The SMILES string of the molecule is CC(C)C[C@H](c1nnnn1CCc1ccccc1)N1CCN([C@H](CC(C)C)c2nnnn2CCc2ccccc2)CC1. The maximum atomic E-state index is 4.56. The van der Waals surface area contributed by atoms with Gasteiger partial charge < -0.3 is 0 Å². The molecule has 4 aromatic rings. The van der Waals surface area contributed by atoms with E-state index in [1.165, 1.54) is 11.1 Å². The molecule has 10 nitrogen and oxygen atoms in total. The molecule has 0 saturated carbocycles. The van der Waals surface area contributed by atoms with E-state index in [0.29, 0.717) is 11.8 Å². The van der Waals surface area contributed by atoms with E-state index in [9.17, 15) is 0 Å². The highest BCUT2D eigenvalue weighted by Crippen LogP contribution is 2.31. The monoisotopic (exact) mass is 570 g/mol. The third-order valence-electron chi connectivity index (χ3n) is 8.25. The Labute approximate surface area is 250 Å². The van der Waals surface area contributed by atoms with E-state index in [0.717, 1.165) is 76.6 Å². The van der Waals surface area contributed by atoms with Gasteiger partial charge in [-0.15, -0.1) is 10.2 Å². The Kier molecular flexibility index (Phi) is 10.4.